The molecule has 0 atom stereocenters. The van der Waals surface area contributed by atoms with Crippen LogP contribution in [0.25, 0.3) is 6.20 Å². The number of nitrogens with zero attached hydrogens (tertiary/aromatic N) is 2. The van der Waals surface area contributed by atoms with Crippen molar-refractivity contribution in [1.29, 1.82) is 5.26 Å². The van der Waals surface area contributed by atoms with Crippen molar-refractivity contribution in [3.63, 3.8) is 0 Å². The number of aromatic nitrogens is 1. The van der Waals surface area contributed by atoms with Gasteiger partial charge in [0, 0.05) is 11.4 Å². The molecular formula is C9H7Br2N2+. The average molecular weight is 303 g/mol. The SMILES string of the molecule is N#Cc1ccc[n+](C=C(Br)CBr)c1. The van der Waals surface area contributed by atoms with Gasteiger partial charge in [-0.3, -0.25) is 0 Å². The molecule has 66 valence electrons. The van der Waals surface area contributed by atoms with Crippen molar-refractivity contribution < 1.29 is 4.57 Å². The van der Waals surface area contributed by atoms with Gasteiger partial charge in [0.15, 0.2) is 18.6 Å². The van der Waals surface area contributed by atoms with Crippen molar-refractivity contribution >= 4 is 38.1 Å². The number of alkyl halides is 1. The molecule has 4 heteroatoms. The van der Waals surface area contributed by atoms with E-state index in [1.807, 2.05) is 23.0 Å². The summed E-state index contributed by atoms with van der Waals surface area (Å²) in [5.41, 5.74) is 0.647. The van der Waals surface area contributed by atoms with Gasteiger partial charge < -0.3 is 0 Å². The van der Waals surface area contributed by atoms with Gasteiger partial charge in [-0.1, -0.05) is 15.9 Å². The maximum atomic E-state index is 8.65. The van der Waals surface area contributed by atoms with E-state index in [9.17, 15) is 0 Å². The lowest BCUT2D eigenvalue weighted by Gasteiger charge is -1.89. The first kappa shape index (κ1) is 10.4. The maximum absolute atomic E-state index is 8.65. The smallest absolute Gasteiger partial charge is 0.192 e. The molecule has 0 saturated carbocycles. The van der Waals surface area contributed by atoms with Crippen LogP contribution in [0.4, 0.5) is 0 Å². The third-order valence-electron chi connectivity index (χ3n) is 1.37. The number of nitriles is 1. The standard InChI is InChI=1S/C9H7Br2N2/c10-4-9(11)7-13-3-1-2-8(5-12)6-13/h1-3,6-7H,4H2/q+1. The molecule has 0 bridgehead atoms. The second-order valence-corrected chi connectivity index (χ2v) is 3.94. The topological polar surface area (TPSA) is 27.7 Å². The van der Waals surface area contributed by atoms with Crippen molar-refractivity contribution in [3.8, 4) is 6.07 Å². The van der Waals surface area contributed by atoms with Crippen LogP contribution in [0.5, 0.6) is 0 Å². The summed E-state index contributed by atoms with van der Waals surface area (Å²) in [6, 6.07) is 5.69. The monoisotopic (exact) mass is 301 g/mol. The molecule has 2 nitrogen and oxygen atoms in total. The highest BCUT2D eigenvalue weighted by molar-refractivity contribution is 9.13. The zero-order valence-corrected chi connectivity index (χ0v) is 9.92. The Morgan fingerprint density at radius 2 is 2.46 bits per heavy atom. The Bertz CT molecular complexity index is 366. The Morgan fingerprint density at radius 3 is 3.08 bits per heavy atom. The summed E-state index contributed by atoms with van der Waals surface area (Å²) < 4.78 is 2.86. The number of allylic oxidation sites excluding steroid dienone is 1. The van der Waals surface area contributed by atoms with Gasteiger partial charge in [0.1, 0.15) is 11.6 Å². The Labute approximate surface area is 93.8 Å². The molecule has 0 amide bonds. The minimum Gasteiger partial charge on any atom is -0.192 e. The molecule has 0 aliphatic carbocycles. The van der Waals surface area contributed by atoms with E-state index in [1.165, 1.54) is 0 Å². The second kappa shape index (κ2) is 5.15. The highest BCUT2D eigenvalue weighted by atomic mass is 79.9. The van der Waals surface area contributed by atoms with E-state index < -0.39 is 0 Å². The zero-order chi connectivity index (χ0) is 9.68. The van der Waals surface area contributed by atoms with Crippen molar-refractivity contribution in [2.24, 2.45) is 0 Å². The van der Waals surface area contributed by atoms with Crippen molar-refractivity contribution in [1.82, 2.24) is 0 Å². The van der Waals surface area contributed by atoms with Gasteiger partial charge in [-0.15, -0.1) is 0 Å². The van der Waals surface area contributed by atoms with Crippen LogP contribution < -0.4 is 4.57 Å². The van der Waals surface area contributed by atoms with Crippen LogP contribution in [0.1, 0.15) is 5.56 Å². The lowest BCUT2D eigenvalue weighted by atomic mass is 10.3. The van der Waals surface area contributed by atoms with Crippen LogP contribution in [-0.2, 0) is 0 Å². The van der Waals surface area contributed by atoms with Crippen molar-refractivity contribution in [2.75, 3.05) is 5.33 Å². The van der Waals surface area contributed by atoms with E-state index in [-0.39, 0.29) is 0 Å². The first-order valence-corrected chi connectivity index (χ1v) is 5.51. The summed E-state index contributed by atoms with van der Waals surface area (Å²) in [5.74, 6) is 0. The minimum atomic E-state index is 0.647. The summed E-state index contributed by atoms with van der Waals surface area (Å²) in [6.07, 6.45) is 5.55. The number of hydrogen-bond donors (Lipinski definition) is 0. The highest BCUT2D eigenvalue weighted by Crippen LogP contribution is 2.06. The van der Waals surface area contributed by atoms with Crippen LogP contribution in [-0.4, -0.2) is 5.33 Å². The van der Waals surface area contributed by atoms with E-state index in [2.05, 4.69) is 37.9 Å². The van der Waals surface area contributed by atoms with Crippen LogP contribution in [0.2, 0.25) is 0 Å². The lowest BCUT2D eigenvalue weighted by molar-refractivity contribution is -0.568. The molecule has 0 aliphatic heterocycles. The number of pyridine rings is 1. The Morgan fingerprint density at radius 1 is 1.69 bits per heavy atom. The van der Waals surface area contributed by atoms with Gasteiger partial charge in [0.05, 0.1) is 4.48 Å². The van der Waals surface area contributed by atoms with E-state index in [0.717, 1.165) is 9.81 Å². The zero-order valence-electron chi connectivity index (χ0n) is 6.74. The van der Waals surface area contributed by atoms with Gasteiger partial charge in [0.2, 0.25) is 0 Å². The quantitative estimate of drug-likeness (QED) is 0.609. The number of hydrogen-bond acceptors (Lipinski definition) is 1. The molecule has 0 N–H and O–H groups in total. The molecule has 1 rings (SSSR count). The van der Waals surface area contributed by atoms with E-state index >= 15 is 0 Å². The maximum Gasteiger partial charge on any atom is 0.192 e. The summed E-state index contributed by atoms with van der Waals surface area (Å²) in [5, 5.41) is 9.41. The van der Waals surface area contributed by atoms with Crippen LogP contribution in [0.15, 0.2) is 29.0 Å². The molecule has 0 radical (unpaired) electrons. The number of rotatable bonds is 2. The number of halogens is 2. The molecule has 0 unspecified atom stereocenters. The third-order valence-corrected chi connectivity index (χ3v) is 3.21. The Kier molecular flexibility index (Phi) is 4.13. The Hall–Kier alpha value is -0.660. The molecule has 1 aromatic rings. The van der Waals surface area contributed by atoms with E-state index in [0.29, 0.717) is 5.56 Å². The summed E-state index contributed by atoms with van der Waals surface area (Å²) in [7, 11) is 0. The fourth-order valence-electron chi connectivity index (χ4n) is 0.835. The van der Waals surface area contributed by atoms with Crippen molar-refractivity contribution in [3.05, 3.63) is 34.6 Å². The molecule has 0 spiro atoms. The summed E-state index contributed by atoms with van der Waals surface area (Å²) in [4.78, 5) is 0. The van der Waals surface area contributed by atoms with Crippen LogP contribution in [0, 0.1) is 11.3 Å². The largest absolute Gasteiger partial charge is 0.192 e. The van der Waals surface area contributed by atoms with E-state index in [4.69, 9.17) is 5.26 Å². The third kappa shape index (κ3) is 3.29. The predicted molar refractivity (Wildman–Crippen MR) is 58.3 cm³/mol. The molecule has 13 heavy (non-hydrogen) atoms. The molecule has 1 heterocycles. The van der Waals surface area contributed by atoms with Gasteiger partial charge >= 0.3 is 0 Å². The fraction of sp³-hybridized carbons (Fsp3) is 0.111. The predicted octanol–water partition coefficient (Wildman–Crippen LogP) is 2.43. The van der Waals surface area contributed by atoms with Gasteiger partial charge in [-0.05, 0) is 22.0 Å². The van der Waals surface area contributed by atoms with Crippen LogP contribution in [0.3, 0.4) is 0 Å². The molecule has 0 fully saturated rings. The first-order valence-electron chi connectivity index (χ1n) is 3.59. The molecule has 0 aromatic carbocycles. The summed E-state index contributed by atoms with van der Waals surface area (Å²) >= 11 is 6.68. The van der Waals surface area contributed by atoms with Gasteiger partial charge in [0.25, 0.3) is 0 Å². The Balaban J connectivity index is 2.97. The molecule has 1 aromatic heterocycles. The molecular weight excluding hydrogens is 296 g/mol. The molecule has 0 saturated heterocycles. The van der Waals surface area contributed by atoms with Gasteiger partial charge in [-0.2, -0.15) is 9.83 Å². The second-order valence-electron chi connectivity index (χ2n) is 2.36. The first-order chi connectivity index (χ1) is 6.26. The van der Waals surface area contributed by atoms with Crippen LogP contribution >= 0.6 is 31.9 Å². The average Bonchev–Trinajstić information content (AvgIpc) is 2.18. The molecule has 0 aliphatic rings. The fourth-order valence-corrected chi connectivity index (χ4v) is 1.22. The van der Waals surface area contributed by atoms with Gasteiger partial charge in [-0.25, -0.2) is 0 Å². The lowest BCUT2D eigenvalue weighted by Crippen LogP contribution is -2.25. The summed E-state index contributed by atoms with van der Waals surface area (Å²) in [6.45, 7) is 0. The van der Waals surface area contributed by atoms with E-state index in [1.54, 1.807) is 12.3 Å². The van der Waals surface area contributed by atoms with Crippen molar-refractivity contribution in [2.45, 2.75) is 0 Å². The minimum absolute atomic E-state index is 0.647. The highest BCUT2D eigenvalue weighted by Gasteiger charge is 2.00. The normalized spacial score (nSPS) is 11.0.